The molecule has 0 aliphatic rings. The van der Waals surface area contributed by atoms with Gasteiger partial charge in [-0.1, -0.05) is 17.7 Å². The van der Waals surface area contributed by atoms with Crippen molar-refractivity contribution in [3.63, 3.8) is 0 Å². The van der Waals surface area contributed by atoms with Crippen LogP contribution in [0.3, 0.4) is 0 Å². The average Bonchev–Trinajstić information content (AvgIpc) is 2.59. The summed E-state index contributed by atoms with van der Waals surface area (Å²) in [5.74, 6) is 1.09. The highest BCUT2D eigenvalue weighted by molar-refractivity contribution is 14.0. The monoisotopic (exact) mass is 458 g/mol. The van der Waals surface area contributed by atoms with E-state index >= 15 is 0 Å². The van der Waals surface area contributed by atoms with Gasteiger partial charge in [-0.25, -0.2) is 9.38 Å². The summed E-state index contributed by atoms with van der Waals surface area (Å²) >= 11 is 0. The summed E-state index contributed by atoms with van der Waals surface area (Å²) in [6.45, 7) is 6.00. The van der Waals surface area contributed by atoms with E-state index in [0.717, 1.165) is 12.3 Å². The molecule has 0 bridgehead atoms. The van der Waals surface area contributed by atoms with Gasteiger partial charge >= 0.3 is 0 Å². The Hall–Kier alpha value is -1.90. The Morgan fingerprint density at radius 2 is 1.96 bits per heavy atom. The summed E-state index contributed by atoms with van der Waals surface area (Å²) in [5, 5.41) is 6.27. The highest BCUT2D eigenvalue weighted by Gasteiger charge is 2.03. The van der Waals surface area contributed by atoms with Gasteiger partial charge in [0.15, 0.2) is 5.96 Å². The van der Waals surface area contributed by atoms with E-state index in [9.17, 15) is 4.39 Å². The third-order valence-corrected chi connectivity index (χ3v) is 3.25. The van der Waals surface area contributed by atoms with Crippen molar-refractivity contribution in [3.05, 3.63) is 59.7 Å². The highest BCUT2D eigenvalue weighted by Crippen LogP contribution is 2.10. The molecule has 2 aromatic rings. The number of hydrogen-bond acceptors (Lipinski definition) is 3. The Bertz CT molecular complexity index is 664. The third-order valence-electron chi connectivity index (χ3n) is 3.25. The predicted octanol–water partition coefficient (Wildman–Crippen LogP) is 3.28. The molecular weight excluding hydrogens is 434 g/mol. The number of aliphatic imine (C=N–C) groups is 1. The van der Waals surface area contributed by atoms with Crippen LogP contribution in [-0.4, -0.2) is 30.6 Å². The molecule has 0 radical (unpaired) electrons. The smallest absolute Gasteiger partial charge is 0.191 e. The molecule has 0 amide bonds. The molecule has 5 nitrogen and oxygen atoms in total. The fraction of sp³-hybridized carbons (Fsp3) is 0.333. The van der Waals surface area contributed by atoms with E-state index in [-0.39, 0.29) is 36.3 Å². The Labute approximate surface area is 165 Å². The Morgan fingerprint density at radius 3 is 2.64 bits per heavy atom. The SMILES string of the molecule is CCNC(=NCc1ncccc1F)NCCOc1ccc(C)cc1.I. The maximum Gasteiger partial charge on any atom is 0.191 e. The average molecular weight is 458 g/mol. The zero-order valence-corrected chi connectivity index (χ0v) is 16.8. The first-order valence-electron chi connectivity index (χ1n) is 8.00. The molecule has 0 atom stereocenters. The largest absolute Gasteiger partial charge is 0.492 e. The number of benzene rings is 1. The first-order chi connectivity index (χ1) is 11.7. The van der Waals surface area contributed by atoms with Crippen LogP contribution in [0.5, 0.6) is 5.75 Å². The van der Waals surface area contributed by atoms with Gasteiger partial charge in [-0.15, -0.1) is 24.0 Å². The molecule has 0 saturated heterocycles. The van der Waals surface area contributed by atoms with Gasteiger partial charge in [0.25, 0.3) is 0 Å². The topological polar surface area (TPSA) is 58.5 Å². The number of halogens is 2. The fourth-order valence-electron chi connectivity index (χ4n) is 2.00. The second-order valence-corrected chi connectivity index (χ2v) is 5.22. The van der Waals surface area contributed by atoms with E-state index in [1.165, 1.54) is 11.6 Å². The number of rotatable bonds is 7. The van der Waals surface area contributed by atoms with Gasteiger partial charge < -0.3 is 15.4 Å². The Morgan fingerprint density at radius 1 is 1.20 bits per heavy atom. The number of aryl methyl sites for hydroxylation is 1. The first kappa shape index (κ1) is 21.1. The molecule has 2 rings (SSSR count). The number of guanidine groups is 1. The Kier molecular flexibility index (Phi) is 9.83. The van der Waals surface area contributed by atoms with Crippen LogP contribution in [0.4, 0.5) is 4.39 Å². The molecule has 25 heavy (non-hydrogen) atoms. The molecule has 0 saturated carbocycles. The first-order valence-corrected chi connectivity index (χ1v) is 8.00. The lowest BCUT2D eigenvalue weighted by atomic mass is 10.2. The fourth-order valence-corrected chi connectivity index (χ4v) is 2.00. The minimum atomic E-state index is -0.347. The molecule has 1 heterocycles. The van der Waals surface area contributed by atoms with E-state index in [4.69, 9.17) is 4.74 Å². The maximum atomic E-state index is 13.6. The number of pyridine rings is 1. The van der Waals surface area contributed by atoms with Crippen LogP contribution < -0.4 is 15.4 Å². The zero-order chi connectivity index (χ0) is 17.2. The molecule has 0 aliphatic carbocycles. The molecule has 136 valence electrons. The van der Waals surface area contributed by atoms with Gasteiger partial charge in [-0.05, 0) is 38.1 Å². The van der Waals surface area contributed by atoms with Crippen molar-refractivity contribution >= 4 is 29.9 Å². The summed E-state index contributed by atoms with van der Waals surface area (Å²) in [5.41, 5.74) is 1.52. The van der Waals surface area contributed by atoms with Gasteiger partial charge in [-0.2, -0.15) is 0 Å². The lowest BCUT2D eigenvalue weighted by molar-refractivity contribution is 0.322. The van der Waals surface area contributed by atoms with E-state index in [0.29, 0.717) is 24.8 Å². The van der Waals surface area contributed by atoms with Crippen LogP contribution in [0.2, 0.25) is 0 Å². The number of ether oxygens (including phenoxy) is 1. The van der Waals surface area contributed by atoms with E-state index in [1.807, 2.05) is 38.1 Å². The molecule has 2 N–H and O–H groups in total. The van der Waals surface area contributed by atoms with E-state index in [2.05, 4.69) is 20.6 Å². The van der Waals surface area contributed by atoms with Gasteiger partial charge in [0.05, 0.1) is 18.8 Å². The molecule has 0 spiro atoms. The summed E-state index contributed by atoms with van der Waals surface area (Å²) < 4.78 is 19.2. The second-order valence-electron chi connectivity index (χ2n) is 5.22. The van der Waals surface area contributed by atoms with E-state index in [1.54, 1.807) is 12.3 Å². The molecule has 0 aliphatic heterocycles. The van der Waals surface area contributed by atoms with Crippen molar-refractivity contribution in [2.45, 2.75) is 20.4 Å². The van der Waals surface area contributed by atoms with E-state index < -0.39 is 0 Å². The van der Waals surface area contributed by atoms with Crippen molar-refractivity contribution < 1.29 is 9.13 Å². The summed E-state index contributed by atoms with van der Waals surface area (Å²) in [6.07, 6.45) is 1.56. The number of aromatic nitrogens is 1. The molecule has 7 heteroatoms. The number of nitrogens with one attached hydrogen (secondary N) is 2. The number of nitrogens with zero attached hydrogens (tertiary/aromatic N) is 2. The van der Waals surface area contributed by atoms with Gasteiger partial charge in [0.1, 0.15) is 18.2 Å². The highest BCUT2D eigenvalue weighted by atomic mass is 127. The molecule has 0 unspecified atom stereocenters. The number of hydrogen-bond donors (Lipinski definition) is 2. The molecule has 1 aromatic carbocycles. The van der Waals surface area contributed by atoms with Crippen molar-refractivity contribution in [1.29, 1.82) is 0 Å². The quantitative estimate of drug-likeness (QED) is 0.290. The second kappa shape index (κ2) is 11.6. The van der Waals surface area contributed by atoms with Crippen LogP contribution in [-0.2, 0) is 6.54 Å². The van der Waals surface area contributed by atoms with Gasteiger partial charge in [0.2, 0.25) is 0 Å². The lowest BCUT2D eigenvalue weighted by Crippen LogP contribution is -2.39. The zero-order valence-electron chi connectivity index (χ0n) is 14.5. The van der Waals surface area contributed by atoms with Crippen molar-refractivity contribution in [2.75, 3.05) is 19.7 Å². The molecular formula is C18H24FIN4O. The van der Waals surface area contributed by atoms with Gasteiger partial charge in [0, 0.05) is 12.7 Å². The molecule has 1 aromatic heterocycles. The Balaban J connectivity index is 0.00000312. The van der Waals surface area contributed by atoms with Crippen LogP contribution >= 0.6 is 24.0 Å². The predicted molar refractivity (Wildman–Crippen MR) is 109 cm³/mol. The van der Waals surface area contributed by atoms with Crippen LogP contribution in [0.1, 0.15) is 18.2 Å². The standard InChI is InChI=1S/C18H23FN4O.HI/c1-3-20-18(23-13-17-16(19)5-4-10-21-17)22-11-12-24-15-8-6-14(2)7-9-15;/h4-10H,3,11-13H2,1-2H3,(H2,20,22,23);1H. The maximum absolute atomic E-state index is 13.6. The minimum Gasteiger partial charge on any atom is -0.492 e. The van der Waals surface area contributed by atoms with Crippen LogP contribution in [0.15, 0.2) is 47.6 Å². The van der Waals surface area contributed by atoms with Crippen LogP contribution in [0, 0.1) is 12.7 Å². The minimum absolute atomic E-state index is 0. The summed E-state index contributed by atoms with van der Waals surface area (Å²) in [4.78, 5) is 8.33. The van der Waals surface area contributed by atoms with Gasteiger partial charge in [-0.3, -0.25) is 4.98 Å². The summed E-state index contributed by atoms with van der Waals surface area (Å²) in [7, 11) is 0. The van der Waals surface area contributed by atoms with Crippen molar-refractivity contribution in [2.24, 2.45) is 4.99 Å². The normalized spacial score (nSPS) is 10.8. The van der Waals surface area contributed by atoms with Crippen LogP contribution in [0.25, 0.3) is 0 Å². The van der Waals surface area contributed by atoms with Crippen molar-refractivity contribution in [3.8, 4) is 5.75 Å². The third kappa shape index (κ3) is 7.68. The molecule has 0 fully saturated rings. The lowest BCUT2D eigenvalue weighted by Gasteiger charge is -2.12. The summed E-state index contributed by atoms with van der Waals surface area (Å²) in [6, 6.07) is 10.9. The van der Waals surface area contributed by atoms with Crippen molar-refractivity contribution in [1.82, 2.24) is 15.6 Å².